The summed E-state index contributed by atoms with van der Waals surface area (Å²) < 4.78 is 0. The van der Waals surface area contributed by atoms with E-state index in [1.807, 2.05) is 41.5 Å². The number of carbonyl (C=O) groups excluding carboxylic acids is 7. The number of nitrogens with two attached hydrogens (primary N) is 1. The van der Waals surface area contributed by atoms with Gasteiger partial charge in [0.15, 0.2) is 0 Å². The summed E-state index contributed by atoms with van der Waals surface area (Å²) in [5.41, 5.74) is 4.42. The number of carbonyl (C=O) groups is 7. The van der Waals surface area contributed by atoms with E-state index >= 15 is 0 Å². The van der Waals surface area contributed by atoms with Crippen LogP contribution in [0.25, 0.3) is 0 Å². The summed E-state index contributed by atoms with van der Waals surface area (Å²) >= 11 is 0. The molecule has 7 amide bonds. The molecule has 0 bridgehead atoms. The zero-order chi connectivity index (χ0) is 36.7. The smallest absolute Gasteiger partial charge is 0.315 e. The van der Waals surface area contributed by atoms with Crippen LogP contribution in [0.5, 0.6) is 0 Å². The maximum absolute atomic E-state index is 14.5. The lowest BCUT2D eigenvalue weighted by Gasteiger charge is -2.38. The van der Waals surface area contributed by atoms with Gasteiger partial charge in [0.05, 0.1) is 29.8 Å². The molecule has 1 saturated heterocycles. The summed E-state index contributed by atoms with van der Waals surface area (Å²) in [6.45, 7) is 11.3. The Labute approximate surface area is 293 Å². The Hall–Kier alpha value is -4.36. The normalized spacial score (nSPS) is 23.8. The standard InChI is InChI=1S/C36H51N7O7/c1-35(2,3)25(18-43-31(47)22-13-14-38-16-23(22)32(43)48)40-34(50)41-28(36(4,5)6)33(49)42-17-20-11-8-12-21(20)26(42)30(46)39-24(27(44)29(37)45)15-19-9-7-10-19/h13-14,16,19-21,24-26,28H,7-12,15,17-18H2,1-6H3,(H2,37,45)(H,39,46)(H2,40,41,50)/t20-,21-,24?,25+,26-,28+/m0/s1. The van der Waals surface area contributed by atoms with Crippen molar-refractivity contribution in [2.75, 3.05) is 13.1 Å². The Morgan fingerprint density at radius 1 is 0.900 bits per heavy atom. The molecule has 4 aliphatic rings. The summed E-state index contributed by atoms with van der Waals surface area (Å²) in [6.07, 6.45) is 8.45. The van der Waals surface area contributed by atoms with Crippen molar-refractivity contribution in [2.45, 2.75) is 111 Å². The number of hydrogen-bond donors (Lipinski definition) is 4. The van der Waals surface area contributed by atoms with Crippen LogP contribution in [0.2, 0.25) is 0 Å². The summed E-state index contributed by atoms with van der Waals surface area (Å²) in [5, 5.41) is 8.56. The highest BCUT2D eigenvalue weighted by atomic mass is 16.2. The van der Waals surface area contributed by atoms with Gasteiger partial charge < -0.3 is 26.6 Å². The van der Waals surface area contributed by atoms with E-state index in [-0.39, 0.29) is 35.4 Å². The Kier molecular flexibility index (Phi) is 10.4. The minimum absolute atomic E-state index is 0.0844. The molecule has 1 aromatic rings. The molecular formula is C36H51N7O7. The quantitative estimate of drug-likeness (QED) is 0.200. The Morgan fingerprint density at radius 3 is 2.14 bits per heavy atom. The topological polar surface area (TPSA) is 201 Å². The van der Waals surface area contributed by atoms with E-state index in [2.05, 4.69) is 20.9 Å². The van der Waals surface area contributed by atoms with Crippen molar-refractivity contribution in [3.63, 3.8) is 0 Å². The number of nitrogens with one attached hydrogen (secondary N) is 3. The Balaban J connectivity index is 1.33. The van der Waals surface area contributed by atoms with E-state index in [1.54, 1.807) is 0 Å². The van der Waals surface area contributed by atoms with Crippen LogP contribution in [0.15, 0.2) is 18.5 Å². The molecule has 5 N–H and O–H groups in total. The van der Waals surface area contributed by atoms with Gasteiger partial charge in [-0.2, -0.15) is 0 Å². The second-order valence-electron chi connectivity index (χ2n) is 16.6. The number of pyridine rings is 1. The number of ketones is 1. The van der Waals surface area contributed by atoms with E-state index in [0.29, 0.717) is 13.0 Å². The third-order valence-electron chi connectivity index (χ3n) is 11.0. The molecule has 6 atom stereocenters. The number of amides is 7. The molecule has 0 spiro atoms. The lowest BCUT2D eigenvalue weighted by atomic mass is 9.80. The highest BCUT2D eigenvalue weighted by molar-refractivity contribution is 6.37. The fourth-order valence-corrected chi connectivity index (χ4v) is 7.75. The Bertz CT molecular complexity index is 1520. The molecule has 14 heteroatoms. The van der Waals surface area contributed by atoms with E-state index in [9.17, 15) is 33.6 Å². The summed E-state index contributed by atoms with van der Waals surface area (Å²) in [7, 11) is 0. The number of likely N-dealkylation sites (tertiary alicyclic amines) is 1. The van der Waals surface area contributed by atoms with Gasteiger partial charge in [-0.3, -0.25) is 38.7 Å². The minimum atomic E-state index is -1.11. The number of imide groups is 1. The molecule has 2 aliphatic carbocycles. The maximum Gasteiger partial charge on any atom is 0.315 e. The third kappa shape index (κ3) is 7.53. The SMILES string of the molecule is CC(C)(C)[C@H](NC(=O)N[C@H](CN1C(=O)c2ccncc2C1=O)C(C)(C)C)C(=O)N1C[C@@H]2CCC[C@@H]2[C@H]1C(=O)NC(CC1CCC1)C(=O)C(N)=O. The Morgan fingerprint density at radius 2 is 1.56 bits per heavy atom. The van der Waals surface area contributed by atoms with Gasteiger partial charge in [-0.05, 0) is 53.9 Å². The zero-order valence-corrected chi connectivity index (χ0v) is 29.9. The maximum atomic E-state index is 14.5. The molecule has 0 aromatic carbocycles. The number of urea groups is 1. The van der Waals surface area contributed by atoms with Crippen LogP contribution < -0.4 is 21.7 Å². The molecule has 14 nitrogen and oxygen atoms in total. The first-order valence-corrected chi connectivity index (χ1v) is 17.7. The number of rotatable bonds is 11. The van der Waals surface area contributed by atoms with Gasteiger partial charge >= 0.3 is 6.03 Å². The average Bonchev–Trinajstić information content (AvgIpc) is 3.68. The lowest BCUT2D eigenvalue weighted by Crippen LogP contribution is -2.62. The molecule has 1 unspecified atom stereocenters. The van der Waals surface area contributed by atoms with Gasteiger partial charge in [0, 0.05) is 18.9 Å². The van der Waals surface area contributed by atoms with E-state index in [0.717, 1.165) is 43.4 Å². The molecule has 3 heterocycles. The number of aromatic nitrogens is 1. The highest BCUT2D eigenvalue weighted by Gasteiger charge is 2.52. The predicted molar refractivity (Wildman–Crippen MR) is 182 cm³/mol. The fraction of sp³-hybridized carbons (Fsp3) is 0.667. The minimum Gasteiger partial charge on any atom is -0.363 e. The van der Waals surface area contributed by atoms with E-state index in [1.165, 1.54) is 23.4 Å². The molecule has 272 valence electrons. The summed E-state index contributed by atoms with van der Waals surface area (Å²) in [4.78, 5) is 99.6. The average molecular weight is 694 g/mol. The van der Waals surface area contributed by atoms with Crippen molar-refractivity contribution in [1.29, 1.82) is 0 Å². The van der Waals surface area contributed by atoms with Gasteiger partial charge in [-0.15, -0.1) is 0 Å². The van der Waals surface area contributed by atoms with Gasteiger partial charge in [0.25, 0.3) is 17.7 Å². The van der Waals surface area contributed by atoms with E-state index in [4.69, 9.17) is 5.73 Å². The van der Waals surface area contributed by atoms with Crippen LogP contribution in [0, 0.1) is 28.6 Å². The predicted octanol–water partition coefficient (Wildman–Crippen LogP) is 2.16. The van der Waals surface area contributed by atoms with Crippen LogP contribution in [-0.2, 0) is 19.2 Å². The number of nitrogens with zero attached hydrogens (tertiary/aromatic N) is 3. The number of Topliss-reactive ketones (excluding diaryl/α,β-unsaturated/α-hetero) is 1. The third-order valence-corrected chi connectivity index (χ3v) is 11.0. The van der Waals surface area contributed by atoms with Crippen LogP contribution in [0.1, 0.15) is 107 Å². The summed E-state index contributed by atoms with van der Waals surface area (Å²) in [6, 6.07) is -2.85. The largest absolute Gasteiger partial charge is 0.363 e. The fourth-order valence-electron chi connectivity index (χ4n) is 7.75. The van der Waals surface area contributed by atoms with Crippen LogP contribution >= 0.6 is 0 Å². The summed E-state index contributed by atoms with van der Waals surface area (Å²) in [5.74, 6) is -3.67. The van der Waals surface area contributed by atoms with Gasteiger partial charge in [-0.1, -0.05) is 67.2 Å². The number of fused-ring (bicyclic) bond motifs is 2. The first-order chi connectivity index (χ1) is 23.4. The molecule has 2 saturated carbocycles. The zero-order valence-electron chi connectivity index (χ0n) is 29.9. The first-order valence-electron chi connectivity index (χ1n) is 17.7. The lowest BCUT2D eigenvalue weighted by molar-refractivity contribution is -0.144. The number of hydrogen-bond acceptors (Lipinski definition) is 8. The molecular weight excluding hydrogens is 642 g/mol. The molecule has 5 rings (SSSR count). The number of primary amides is 1. The van der Waals surface area contributed by atoms with Crippen molar-refractivity contribution in [3.8, 4) is 0 Å². The molecule has 1 aromatic heterocycles. The van der Waals surface area contributed by atoms with E-state index < -0.39 is 76.3 Å². The van der Waals surface area contributed by atoms with Crippen molar-refractivity contribution in [3.05, 3.63) is 29.6 Å². The van der Waals surface area contributed by atoms with Crippen LogP contribution in [0.4, 0.5) is 4.79 Å². The second kappa shape index (κ2) is 14.1. The van der Waals surface area contributed by atoms with Crippen molar-refractivity contribution >= 4 is 41.4 Å². The van der Waals surface area contributed by atoms with Gasteiger partial charge in [0.2, 0.25) is 17.6 Å². The van der Waals surface area contributed by atoms with Crippen molar-refractivity contribution in [1.82, 2.24) is 30.7 Å². The first kappa shape index (κ1) is 36.9. The van der Waals surface area contributed by atoms with Gasteiger partial charge in [0.1, 0.15) is 12.1 Å². The van der Waals surface area contributed by atoms with Crippen molar-refractivity contribution in [2.24, 2.45) is 34.3 Å². The van der Waals surface area contributed by atoms with Crippen LogP contribution in [0.3, 0.4) is 0 Å². The molecule has 0 radical (unpaired) electrons. The molecule has 3 fully saturated rings. The second-order valence-corrected chi connectivity index (χ2v) is 16.6. The monoisotopic (exact) mass is 693 g/mol. The van der Waals surface area contributed by atoms with Crippen molar-refractivity contribution < 1.29 is 33.6 Å². The molecule has 2 aliphatic heterocycles. The van der Waals surface area contributed by atoms with Crippen LogP contribution in [-0.4, -0.2) is 93.4 Å². The van der Waals surface area contributed by atoms with Gasteiger partial charge in [-0.25, -0.2) is 4.79 Å². The molecule has 50 heavy (non-hydrogen) atoms. The highest BCUT2D eigenvalue weighted by Crippen LogP contribution is 2.43.